The minimum Gasteiger partial charge on any atom is -0.463 e. The second-order valence-electron chi connectivity index (χ2n) is 3.19. The number of hydrogen-bond acceptors (Lipinski definition) is 2. The number of carbonyl (C=O) groups is 1. The van der Waals surface area contributed by atoms with Gasteiger partial charge in [-0.15, -0.1) is 16.3 Å². The van der Waals surface area contributed by atoms with Crippen molar-refractivity contribution >= 4 is 17.4 Å². The van der Waals surface area contributed by atoms with E-state index in [2.05, 4.69) is 4.99 Å². The van der Waals surface area contributed by atoms with Crippen LogP contribution in [0.2, 0.25) is 0 Å². The summed E-state index contributed by atoms with van der Waals surface area (Å²) in [6.45, 7) is 0.635. The summed E-state index contributed by atoms with van der Waals surface area (Å²) in [5.74, 6) is 0. The highest BCUT2D eigenvalue weighted by atomic mass is 32.1. The Hall–Kier alpha value is -1.88. The lowest BCUT2D eigenvalue weighted by Crippen LogP contribution is -2.16. The Morgan fingerprint density at radius 1 is 1.38 bits per heavy atom. The van der Waals surface area contributed by atoms with E-state index in [0.717, 1.165) is 5.56 Å². The van der Waals surface area contributed by atoms with E-state index < -0.39 is 6.09 Å². The molecule has 16 heavy (non-hydrogen) atoms. The maximum Gasteiger partial charge on any atom is 0.433 e. The smallest absolute Gasteiger partial charge is 0.433 e. The third kappa shape index (κ3) is 2.58. The fourth-order valence-electron chi connectivity index (χ4n) is 1.37. The highest BCUT2D eigenvalue weighted by Crippen LogP contribution is 2.01. The molecule has 0 saturated carbocycles. The Morgan fingerprint density at radius 2 is 2.12 bits per heavy atom. The van der Waals surface area contributed by atoms with Crippen molar-refractivity contribution in [1.82, 2.24) is 4.57 Å². The van der Waals surface area contributed by atoms with Gasteiger partial charge in [0.2, 0.25) is 0 Å². The minimum absolute atomic E-state index is 0.497. The third-order valence-electron chi connectivity index (χ3n) is 2.05. The van der Waals surface area contributed by atoms with Crippen LogP contribution in [-0.2, 0) is 6.54 Å². The van der Waals surface area contributed by atoms with Gasteiger partial charge in [-0.05, 0) is 5.56 Å². The van der Waals surface area contributed by atoms with Gasteiger partial charge in [0.05, 0.1) is 0 Å². The van der Waals surface area contributed by atoms with Crippen molar-refractivity contribution in [2.45, 2.75) is 6.54 Å². The van der Waals surface area contributed by atoms with Crippen molar-refractivity contribution in [3.8, 4) is 0 Å². The first-order valence-electron chi connectivity index (χ1n) is 4.71. The summed E-state index contributed by atoms with van der Waals surface area (Å²) in [7, 11) is 0. The Kier molecular flexibility index (Phi) is 3.16. The average molecular weight is 234 g/mol. The van der Waals surface area contributed by atoms with E-state index in [1.807, 2.05) is 46.5 Å². The van der Waals surface area contributed by atoms with Crippen LogP contribution in [0.1, 0.15) is 5.56 Å². The summed E-state index contributed by atoms with van der Waals surface area (Å²) in [4.78, 5) is 14.5. The molecule has 0 radical (unpaired) electrons. The molecule has 2 aromatic rings. The van der Waals surface area contributed by atoms with Crippen LogP contribution in [0.4, 0.5) is 4.79 Å². The number of benzene rings is 1. The number of nitrogens with zero attached hydrogens (tertiary/aromatic N) is 2. The van der Waals surface area contributed by atoms with E-state index in [-0.39, 0.29) is 0 Å². The lowest BCUT2D eigenvalue weighted by molar-refractivity contribution is 0.204. The number of rotatable bonds is 2. The predicted molar refractivity (Wildman–Crippen MR) is 61.4 cm³/mol. The molecule has 82 valence electrons. The van der Waals surface area contributed by atoms with Crippen LogP contribution in [0, 0.1) is 0 Å². The second-order valence-corrected chi connectivity index (χ2v) is 4.07. The van der Waals surface area contributed by atoms with Gasteiger partial charge in [-0.2, -0.15) is 0 Å². The fraction of sp³-hybridized carbons (Fsp3) is 0.0909. The predicted octanol–water partition coefficient (Wildman–Crippen LogP) is 2.18. The Labute approximate surface area is 96.1 Å². The SMILES string of the molecule is O=C(O)N=c1sccn1Cc1ccccc1. The van der Waals surface area contributed by atoms with Crippen molar-refractivity contribution in [2.75, 3.05) is 0 Å². The Bertz CT molecular complexity index is 542. The first-order valence-corrected chi connectivity index (χ1v) is 5.59. The van der Waals surface area contributed by atoms with Crippen LogP contribution in [0.15, 0.2) is 46.9 Å². The summed E-state index contributed by atoms with van der Waals surface area (Å²) in [6.07, 6.45) is 0.670. The highest BCUT2D eigenvalue weighted by Gasteiger charge is 1.98. The van der Waals surface area contributed by atoms with Crippen molar-refractivity contribution in [3.05, 3.63) is 52.3 Å². The lowest BCUT2D eigenvalue weighted by atomic mass is 10.2. The molecule has 1 heterocycles. The zero-order valence-corrected chi connectivity index (χ0v) is 9.22. The molecule has 4 nitrogen and oxygen atoms in total. The maximum absolute atomic E-state index is 10.5. The average Bonchev–Trinajstić information content (AvgIpc) is 2.66. The molecule has 0 aliphatic heterocycles. The van der Waals surface area contributed by atoms with E-state index in [1.165, 1.54) is 11.3 Å². The maximum atomic E-state index is 10.5. The van der Waals surface area contributed by atoms with Gasteiger partial charge in [-0.3, -0.25) is 0 Å². The first-order chi connectivity index (χ1) is 7.75. The number of amides is 1. The van der Waals surface area contributed by atoms with Gasteiger partial charge in [0.15, 0.2) is 4.80 Å². The summed E-state index contributed by atoms with van der Waals surface area (Å²) in [6, 6.07) is 9.85. The van der Waals surface area contributed by atoms with Gasteiger partial charge >= 0.3 is 6.09 Å². The number of thiazole rings is 1. The molecule has 1 N–H and O–H groups in total. The quantitative estimate of drug-likeness (QED) is 0.865. The van der Waals surface area contributed by atoms with Crippen LogP contribution >= 0.6 is 11.3 Å². The Morgan fingerprint density at radius 3 is 2.81 bits per heavy atom. The molecule has 1 aromatic carbocycles. The van der Waals surface area contributed by atoms with Crippen LogP contribution in [-0.4, -0.2) is 15.8 Å². The number of hydrogen-bond donors (Lipinski definition) is 1. The molecule has 0 atom stereocenters. The van der Waals surface area contributed by atoms with Gasteiger partial charge in [-0.25, -0.2) is 4.79 Å². The number of aromatic nitrogens is 1. The minimum atomic E-state index is -1.16. The summed E-state index contributed by atoms with van der Waals surface area (Å²) in [5, 5.41) is 10.4. The van der Waals surface area contributed by atoms with Crippen molar-refractivity contribution < 1.29 is 9.90 Å². The van der Waals surface area contributed by atoms with Crippen molar-refractivity contribution in [2.24, 2.45) is 4.99 Å². The molecule has 0 saturated heterocycles. The van der Waals surface area contributed by atoms with Gasteiger partial charge in [0.25, 0.3) is 0 Å². The Balaban J connectivity index is 2.30. The van der Waals surface area contributed by atoms with Gasteiger partial charge < -0.3 is 9.67 Å². The topological polar surface area (TPSA) is 54.6 Å². The third-order valence-corrected chi connectivity index (χ3v) is 2.84. The normalized spacial score (nSPS) is 11.6. The lowest BCUT2D eigenvalue weighted by Gasteiger charge is -2.01. The van der Waals surface area contributed by atoms with Crippen LogP contribution in [0.5, 0.6) is 0 Å². The molecular formula is C11H10N2O2S. The first kappa shape index (κ1) is 10.6. The van der Waals surface area contributed by atoms with Crippen molar-refractivity contribution in [3.63, 3.8) is 0 Å². The van der Waals surface area contributed by atoms with E-state index in [1.54, 1.807) is 0 Å². The monoisotopic (exact) mass is 234 g/mol. The van der Waals surface area contributed by atoms with Gasteiger partial charge in [0, 0.05) is 18.1 Å². The molecule has 5 heteroatoms. The zero-order valence-electron chi connectivity index (χ0n) is 8.41. The summed E-state index contributed by atoms with van der Waals surface area (Å²) < 4.78 is 1.81. The molecule has 0 bridgehead atoms. The van der Waals surface area contributed by atoms with Crippen LogP contribution in [0.3, 0.4) is 0 Å². The summed E-state index contributed by atoms with van der Waals surface area (Å²) in [5.41, 5.74) is 1.12. The van der Waals surface area contributed by atoms with Gasteiger partial charge in [0.1, 0.15) is 0 Å². The molecule has 1 aromatic heterocycles. The van der Waals surface area contributed by atoms with Crippen molar-refractivity contribution in [1.29, 1.82) is 0 Å². The van der Waals surface area contributed by atoms with E-state index >= 15 is 0 Å². The van der Waals surface area contributed by atoms with Crippen LogP contribution in [0.25, 0.3) is 0 Å². The fourth-order valence-corrected chi connectivity index (χ4v) is 2.09. The molecule has 2 rings (SSSR count). The van der Waals surface area contributed by atoms with E-state index in [4.69, 9.17) is 5.11 Å². The molecule has 0 aliphatic rings. The molecule has 0 fully saturated rings. The zero-order chi connectivity index (χ0) is 11.4. The van der Waals surface area contributed by atoms with E-state index in [0.29, 0.717) is 11.3 Å². The van der Waals surface area contributed by atoms with Crippen LogP contribution < -0.4 is 4.80 Å². The second kappa shape index (κ2) is 4.76. The highest BCUT2D eigenvalue weighted by molar-refractivity contribution is 7.07. The molecule has 1 amide bonds. The van der Waals surface area contributed by atoms with E-state index in [9.17, 15) is 4.79 Å². The molecule has 0 unspecified atom stereocenters. The summed E-state index contributed by atoms with van der Waals surface area (Å²) >= 11 is 1.31. The molecule has 0 spiro atoms. The molecular weight excluding hydrogens is 224 g/mol. The number of carboxylic acid groups (broad SMARTS) is 1. The van der Waals surface area contributed by atoms with Gasteiger partial charge in [-0.1, -0.05) is 30.3 Å². The molecule has 0 aliphatic carbocycles. The standard InChI is InChI=1S/C11H10N2O2S/c14-11(15)12-10-13(6-7-16-10)8-9-4-2-1-3-5-9/h1-7H,8H2,(H,14,15). The largest absolute Gasteiger partial charge is 0.463 e.